The lowest BCUT2D eigenvalue weighted by Gasteiger charge is -2.26. The number of sulfonamides is 1. The Bertz CT molecular complexity index is 1020. The molecule has 3 rings (SSSR count). The standard InChI is InChI=1S/C18H18ClN3O5S/c19-17-8-7-14(22(24)25)12-16(17)18(23)20-13-5-4-6-15(11-13)28(26,27)21-9-2-1-3-10-21/h4-8,11-12H,1-3,9-10H2,(H,20,23). The molecule has 28 heavy (non-hydrogen) atoms. The minimum absolute atomic E-state index is 0.0557. The molecule has 1 saturated heterocycles. The van der Waals surface area contributed by atoms with E-state index in [0.29, 0.717) is 13.1 Å². The molecule has 10 heteroatoms. The Morgan fingerprint density at radius 2 is 1.82 bits per heavy atom. The zero-order valence-corrected chi connectivity index (χ0v) is 16.4. The van der Waals surface area contributed by atoms with Crippen LogP contribution in [-0.2, 0) is 10.0 Å². The van der Waals surface area contributed by atoms with Gasteiger partial charge in [0.05, 0.1) is 20.4 Å². The Balaban J connectivity index is 1.84. The third-order valence-electron chi connectivity index (χ3n) is 4.45. The van der Waals surface area contributed by atoms with Gasteiger partial charge in [-0.25, -0.2) is 8.42 Å². The Labute approximate surface area is 167 Å². The fourth-order valence-corrected chi connectivity index (χ4v) is 4.75. The summed E-state index contributed by atoms with van der Waals surface area (Å²) >= 11 is 5.98. The van der Waals surface area contributed by atoms with Crippen LogP contribution in [0, 0.1) is 10.1 Å². The Kier molecular flexibility index (Phi) is 5.97. The van der Waals surface area contributed by atoms with Crippen molar-refractivity contribution in [3.05, 3.63) is 63.2 Å². The number of anilines is 1. The van der Waals surface area contributed by atoms with Crippen molar-refractivity contribution >= 4 is 38.9 Å². The van der Waals surface area contributed by atoms with E-state index in [4.69, 9.17) is 11.6 Å². The second-order valence-corrected chi connectivity index (χ2v) is 8.71. The van der Waals surface area contributed by atoms with Crippen LogP contribution >= 0.6 is 11.6 Å². The van der Waals surface area contributed by atoms with Crippen LogP contribution in [0.2, 0.25) is 5.02 Å². The number of nitrogens with one attached hydrogen (secondary N) is 1. The van der Waals surface area contributed by atoms with Gasteiger partial charge >= 0.3 is 0 Å². The first kappa shape index (κ1) is 20.2. The molecule has 148 valence electrons. The van der Waals surface area contributed by atoms with Gasteiger partial charge in [0, 0.05) is 30.9 Å². The van der Waals surface area contributed by atoms with Gasteiger partial charge in [-0.05, 0) is 37.1 Å². The van der Waals surface area contributed by atoms with Crippen LogP contribution in [0.4, 0.5) is 11.4 Å². The highest BCUT2D eigenvalue weighted by atomic mass is 35.5. The van der Waals surface area contributed by atoms with Crippen LogP contribution in [0.5, 0.6) is 0 Å². The van der Waals surface area contributed by atoms with Crippen LogP contribution in [0.1, 0.15) is 29.6 Å². The van der Waals surface area contributed by atoms with Crippen LogP contribution in [0.3, 0.4) is 0 Å². The van der Waals surface area contributed by atoms with Gasteiger partial charge in [-0.15, -0.1) is 0 Å². The summed E-state index contributed by atoms with van der Waals surface area (Å²) in [6.45, 7) is 0.949. The molecule has 2 aromatic carbocycles. The van der Waals surface area contributed by atoms with E-state index in [9.17, 15) is 23.3 Å². The summed E-state index contributed by atoms with van der Waals surface area (Å²) in [5.74, 6) is -0.666. The Hall–Kier alpha value is -2.49. The highest BCUT2D eigenvalue weighted by Crippen LogP contribution is 2.25. The molecule has 1 N–H and O–H groups in total. The normalized spacial score (nSPS) is 15.2. The van der Waals surface area contributed by atoms with Gasteiger partial charge in [-0.1, -0.05) is 24.1 Å². The fourth-order valence-electron chi connectivity index (χ4n) is 2.99. The lowest BCUT2D eigenvalue weighted by molar-refractivity contribution is -0.384. The van der Waals surface area contributed by atoms with E-state index in [-0.39, 0.29) is 26.9 Å². The molecule has 1 heterocycles. The minimum Gasteiger partial charge on any atom is -0.322 e. The van der Waals surface area contributed by atoms with Crippen LogP contribution in [-0.4, -0.2) is 36.6 Å². The fraction of sp³-hybridized carbons (Fsp3) is 0.278. The molecule has 0 atom stereocenters. The van der Waals surface area contributed by atoms with E-state index in [2.05, 4.69) is 5.32 Å². The van der Waals surface area contributed by atoms with E-state index in [1.165, 1.54) is 34.6 Å². The number of rotatable bonds is 5. The predicted molar refractivity (Wildman–Crippen MR) is 105 cm³/mol. The number of nitrogens with zero attached hydrogens (tertiary/aromatic N) is 2. The zero-order valence-electron chi connectivity index (χ0n) is 14.8. The lowest BCUT2D eigenvalue weighted by Crippen LogP contribution is -2.35. The molecule has 0 spiro atoms. The number of hydrogen-bond donors (Lipinski definition) is 1. The second-order valence-electron chi connectivity index (χ2n) is 6.37. The van der Waals surface area contributed by atoms with Gasteiger partial charge in [0.2, 0.25) is 10.0 Å². The molecule has 1 aliphatic rings. The summed E-state index contributed by atoms with van der Waals surface area (Å²) in [5.41, 5.74) is -0.0817. The number of nitro groups is 1. The number of nitro benzene ring substituents is 1. The number of non-ortho nitro benzene ring substituents is 1. The monoisotopic (exact) mass is 423 g/mol. The van der Waals surface area contributed by atoms with Gasteiger partial charge in [0.25, 0.3) is 11.6 Å². The molecular weight excluding hydrogens is 406 g/mol. The SMILES string of the molecule is O=C(Nc1cccc(S(=O)(=O)N2CCCCC2)c1)c1cc([N+](=O)[O-])ccc1Cl. The molecule has 0 aromatic heterocycles. The summed E-state index contributed by atoms with van der Waals surface area (Å²) in [7, 11) is -3.64. The van der Waals surface area contributed by atoms with Crippen molar-refractivity contribution in [2.45, 2.75) is 24.2 Å². The number of benzene rings is 2. The molecular formula is C18H18ClN3O5S. The van der Waals surface area contributed by atoms with Gasteiger partial charge in [0.15, 0.2) is 0 Å². The molecule has 1 amide bonds. The van der Waals surface area contributed by atoms with Crippen molar-refractivity contribution < 1.29 is 18.1 Å². The maximum atomic E-state index is 12.8. The van der Waals surface area contributed by atoms with E-state index in [1.807, 2.05) is 0 Å². The average molecular weight is 424 g/mol. The van der Waals surface area contributed by atoms with Crippen molar-refractivity contribution in [1.29, 1.82) is 0 Å². The van der Waals surface area contributed by atoms with Gasteiger partial charge < -0.3 is 5.32 Å². The molecule has 0 radical (unpaired) electrons. The summed E-state index contributed by atoms with van der Waals surface area (Å²) in [4.78, 5) is 22.9. The number of halogens is 1. The maximum absolute atomic E-state index is 12.8. The largest absolute Gasteiger partial charge is 0.322 e. The molecule has 0 aliphatic carbocycles. The quantitative estimate of drug-likeness (QED) is 0.582. The number of hydrogen-bond acceptors (Lipinski definition) is 5. The molecule has 0 unspecified atom stereocenters. The smallest absolute Gasteiger partial charge is 0.270 e. The first-order valence-corrected chi connectivity index (χ1v) is 10.5. The molecule has 0 saturated carbocycles. The van der Waals surface area contributed by atoms with Crippen molar-refractivity contribution in [3.8, 4) is 0 Å². The van der Waals surface area contributed by atoms with Crippen molar-refractivity contribution in [1.82, 2.24) is 4.31 Å². The Morgan fingerprint density at radius 3 is 2.50 bits per heavy atom. The maximum Gasteiger partial charge on any atom is 0.270 e. The molecule has 1 fully saturated rings. The first-order chi connectivity index (χ1) is 13.3. The van der Waals surface area contributed by atoms with Gasteiger partial charge in [0.1, 0.15) is 0 Å². The van der Waals surface area contributed by atoms with E-state index < -0.39 is 20.9 Å². The topological polar surface area (TPSA) is 110 Å². The highest BCUT2D eigenvalue weighted by Gasteiger charge is 2.26. The van der Waals surface area contributed by atoms with Gasteiger partial charge in [-0.2, -0.15) is 4.31 Å². The lowest BCUT2D eigenvalue weighted by atomic mass is 10.2. The van der Waals surface area contributed by atoms with E-state index in [1.54, 1.807) is 6.07 Å². The molecule has 1 aliphatic heterocycles. The van der Waals surface area contributed by atoms with Crippen molar-refractivity contribution in [2.75, 3.05) is 18.4 Å². The summed E-state index contributed by atoms with van der Waals surface area (Å²) < 4.78 is 27.0. The van der Waals surface area contributed by atoms with Crippen LogP contribution in [0.25, 0.3) is 0 Å². The van der Waals surface area contributed by atoms with Crippen LogP contribution in [0.15, 0.2) is 47.4 Å². The van der Waals surface area contributed by atoms with Crippen molar-refractivity contribution in [2.24, 2.45) is 0 Å². The molecule has 2 aromatic rings. The number of carbonyl (C=O) groups is 1. The first-order valence-electron chi connectivity index (χ1n) is 8.64. The molecule has 8 nitrogen and oxygen atoms in total. The Morgan fingerprint density at radius 1 is 1.11 bits per heavy atom. The second kappa shape index (κ2) is 8.26. The van der Waals surface area contributed by atoms with Crippen LogP contribution < -0.4 is 5.32 Å². The summed E-state index contributed by atoms with van der Waals surface area (Å²) in [6, 6.07) is 9.45. The predicted octanol–water partition coefficient (Wildman–Crippen LogP) is 3.68. The number of amides is 1. The third kappa shape index (κ3) is 4.32. The third-order valence-corrected chi connectivity index (χ3v) is 6.67. The average Bonchev–Trinajstić information content (AvgIpc) is 2.69. The molecule has 0 bridgehead atoms. The van der Waals surface area contributed by atoms with Crippen molar-refractivity contribution in [3.63, 3.8) is 0 Å². The van der Waals surface area contributed by atoms with E-state index >= 15 is 0 Å². The van der Waals surface area contributed by atoms with Gasteiger partial charge in [-0.3, -0.25) is 14.9 Å². The zero-order chi connectivity index (χ0) is 20.3. The highest BCUT2D eigenvalue weighted by molar-refractivity contribution is 7.89. The summed E-state index contributed by atoms with van der Waals surface area (Å²) in [5, 5.41) is 13.5. The number of piperidine rings is 1. The summed E-state index contributed by atoms with van der Waals surface area (Å²) in [6.07, 6.45) is 2.65. The minimum atomic E-state index is -3.64. The van der Waals surface area contributed by atoms with E-state index in [0.717, 1.165) is 25.3 Å². The number of carbonyl (C=O) groups excluding carboxylic acids is 1.